The van der Waals surface area contributed by atoms with E-state index < -0.39 is 0 Å². The van der Waals surface area contributed by atoms with Crippen molar-refractivity contribution in [3.63, 3.8) is 0 Å². The average molecular weight is 262 g/mol. The smallest absolute Gasteiger partial charge is 0.223 e. The van der Waals surface area contributed by atoms with Crippen LogP contribution >= 0.6 is 0 Å². The molecule has 5 nitrogen and oxygen atoms in total. The molecule has 3 heterocycles. The zero-order chi connectivity index (χ0) is 13.3. The van der Waals surface area contributed by atoms with Crippen LogP contribution in [0.2, 0.25) is 0 Å². The molecule has 104 valence electrons. The number of rotatable bonds is 3. The molecule has 1 amide bonds. The fourth-order valence-corrected chi connectivity index (χ4v) is 3.35. The highest BCUT2D eigenvalue weighted by Crippen LogP contribution is 2.39. The highest BCUT2D eigenvalue weighted by Gasteiger charge is 2.43. The van der Waals surface area contributed by atoms with Gasteiger partial charge in [-0.2, -0.15) is 0 Å². The second kappa shape index (κ2) is 4.96. The fourth-order valence-electron chi connectivity index (χ4n) is 3.35. The Labute approximate surface area is 114 Å². The van der Waals surface area contributed by atoms with Gasteiger partial charge in [0.1, 0.15) is 5.82 Å². The second-order valence-corrected chi connectivity index (χ2v) is 5.91. The first-order valence-electron chi connectivity index (χ1n) is 7.15. The van der Waals surface area contributed by atoms with Crippen LogP contribution in [0.25, 0.3) is 0 Å². The monoisotopic (exact) mass is 262 g/mol. The van der Waals surface area contributed by atoms with Gasteiger partial charge in [0.25, 0.3) is 0 Å². The Morgan fingerprint density at radius 2 is 2.16 bits per heavy atom. The van der Waals surface area contributed by atoms with E-state index in [1.807, 2.05) is 24.2 Å². The summed E-state index contributed by atoms with van der Waals surface area (Å²) in [6.45, 7) is 6.72. The van der Waals surface area contributed by atoms with E-state index >= 15 is 0 Å². The van der Waals surface area contributed by atoms with Crippen molar-refractivity contribution in [2.24, 2.45) is 5.41 Å². The lowest BCUT2D eigenvalue weighted by Gasteiger charge is -2.33. The molecule has 0 unspecified atom stereocenters. The Hall–Kier alpha value is -1.36. The quantitative estimate of drug-likeness (QED) is 0.876. The van der Waals surface area contributed by atoms with Gasteiger partial charge in [0.05, 0.1) is 0 Å². The lowest BCUT2D eigenvalue weighted by molar-refractivity contribution is -0.127. The number of likely N-dealkylation sites (tertiary alicyclic amines) is 1. The number of hydrogen-bond donors (Lipinski definition) is 1. The summed E-state index contributed by atoms with van der Waals surface area (Å²) in [5.74, 6) is 1.35. The number of carbonyl (C=O) groups is 1. The van der Waals surface area contributed by atoms with Gasteiger partial charge < -0.3 is 14.8 Å². The zero-order valence-electron chi connectivity index (χ0n) is 11.6. The Morgan fingerprint density at radius 3 is 2.84 bits per heavy atom. The molecule has 2 saturated heterocycles. The topological polar surface area (TPSA) is 50.2 Å². The van der Waals surface area contributed by atoms with Gasteiger partial charge >= 0.3 is 0 Å². The molecule has 1 spiro atoms. The minimum absolute atomic E-state index is 0.256. The third-order valence-electron chi connectivity index (χ3n) is 4.60. The van der Waals surface area contributed by atoms with Crippen molar-refractivity contribution in [3.8, 4) is 0 Å². The predicted octanol–water partition coefficient (Wildman–Crippen LogP) is 0.794. The SMILES string of the molecule is Cc1nccn1CCN1CC2(CCNCC2)CC1=O. The van der Waals surface area contributed by atoms with Crippen molar-refractivity contribution >= 4 is 5.91 Å². The fraction of sp³-hybridized carbons (Fsp3) is 0.714. The van der Waals surface area contributed by atoms with Crippen LogP contribution in [0.4, 0.5) is 0 Å². The van der Waals surface area contributed by atoms with Gasteiger partial charge in [0.2, 0.25) is 5.91 Å². The molecular weight excluding hydrogens is 240 g/mol. The first-order valence-corrected chi connectivity index (χ1v) is 7.15. The maximum Gasteiger partial charge on any atom is 0.223 e. The number of nitrogens with zero attached hydrogens (tertiary/aromatic N) is 3. The number of imidazole rings is 1. The summed E-state index contributed by atoms with van der Waals surface area (Å²) in [5, 5.41) is 3.39. The maximum absolute atomic E-state index is 12.2. The van der Waals surface area contributed by atoms with Crippen LogP contribution in [0.3, 0.4) is 0 Å². The largest absolute Gasteiger partial charge is 0.340 e. The first-order chi connectivity index (χ1) is 9.19. The van der Waals surface area contributed by atoms with Crippen molar-refractivity contribution in [1.29, 1.82) is 0 Å². The molecule has 5 heteroatoms. The Bertz CT molecular complexity index is 462. The van der Waals surface area contributed by atoms with E-state index in [0.717, 1.165) is 57.8 Å². The van der Waals surface area contributed by atoms with Crippen molar-refractivity contribution in [1.82, 2.24) is 19.8 Å². The zero-order valence-corrected chi connectivity index (χ0v) is 11.6. The van der Waals surface area contributed by atoms with Crippen molar-refractivity contribution in [2.45, 2.75) is 32.7 Å². The van der Waals surface area contributed by atoms with Crippen LogP contribution in [0.5, 0.6) is 0 Å². The molecule has 19 heavy (non-hydrogen) atoms. The molecule has 3 rings (SSSR count). The second-order valence-electron chi connectivity index (χ2n) is 5.91. The van der Waals surface area contributed by atoms with E-state index in [4.69, 9.17) is 0 Å². The lowest BCUT2D eigenvalue weighted by Crippen LogP contribution is -2.39. The number of aromatic nitrogens is 2. The molecule has 2 fully saturated rings. The number of hydrogen-bond acceptors (Lipinski definition) is 3. The molecule has 2 aliphatic heterocycles. The molecule has 1 N–H and O–H groups in total. The minimum Gasteiger partial charge on any atom is -0.340 e. The summed E-state index contributed by atoms with van der Waals surface area (Å²) < 4.78 is 2.11. The molecule has 1 aromatic heterocycles. The van der Waals surface area contributed by atoms with E-state index in [9.17, 15) is 4.79 Å². The number of piperidine rings is 1. The Balaban J connectivity index is 1.60. The standard InChI is InChI=1S/C14H22N4O/c1-12-16-6-7-17(12)8-9-18-11-14(10-13(18)19)2-4-15-5-3-14/h6-7,15H,2-5,8-11H2,1H3. The Kier molecular flexibility index (Phi) is 3.31. The summed E-state index contributed by atoms with van der Waals surface area (Å²) in [5.41, 5.74) is 0.256. The third kappa shape index (κ3) is 2.52. The summed E-state index contributed by atoms with van der Waals surface area (Å²) in [7, 11) is 0. The highest BCUT2D eigenvalue weighted by atomic mass is 16.2. The van der Waals surface area contributed by atoms with Crippen LogP contribution in [-0.4, -0.2) is 46.5 Å². The molecule has 0 bridgehead atoms. The van der Waals surface area contributed by atoms with Crippen molar-refractivity contribution < 1.29 is 4.79 Å². The summed E-state index contributed by atoms with van der Waals surface area (Å²) in [6, 6.07) is 0. The van der Waals surface area contributed by atoms with Gasteiger partial charge in [-0.25, -0.2) is 4.98 Å². The normalized spacial score (nSPS) is 22.4. The van der Waals surface area contributed by atoms with E-state index in [1.54, 1.807) is 0 Å². The molecule has 0 saturated carbocycles. The highest BCUT2D eigenvalue weighted by molar-refractivity contribution is 5.79. The minimum atomic E-state index is 0.256. The molecule has 0 aromatic carbocycles. The Morgan fingerprint density at radius 1 is 1.37 bits per heavy atom. The summed E-state index contributed by atoms with van der Waals surface area (Å²) in [6.07, 6.45) is 6.82. The van der Waals surface area contributed by atoms with Gasteiger partial charge in [-0.3, -0.25) is 4.79 Å². The summed E-state index contributed by atoms with van der Waals surface area (Å²) >= 11 is 0. The van der Waals surface area contributed by atoms with Gasteiger partial charge in [-0.15, -0.1) is 0 Å². The van der Waals surface area contributed by atoms with Crippen LogP contribution < -0.4 is 5.32 Å². The number of aryl methyl sites for hydroxylation is 1. The third-order valence-corrected chi connectivity index (χ3v) is 4.60. The predicted molar refractivity (Wildman–Crippen MR) is 72.7 cm³/mol. The van der Waals surface area contributed by atoms with Gasteiger partial charge in [-0.05, 0) is 38.3 Å². The molecule has 0 atom stereocenters. The molecule has 2 aliphatic rings. The number of carbonyl (C=O) groups excluding carboxylic acids is 1. The molecule has 1 aromatic rings. The van der Waals surface area contributed by atoms with Gasteiger partial charge in [0, 0.05) is 38.4 Å². The first kappa shape index (κ1) is 12.7. The van der Waals surface area contributed by atoms with Gasteiger partial charge in [0.15, 0.2) is 0 Å². The van der Waals surface area contributed by atoms with Crippen LogP contribution in [0.15, 0.2) is 12.4 Å². The van der Waals surface area contributed by atoms with Crippen molar-refractivity contribution in [3.05, 3.63) is 18.2 Å². The van der Waals surface area contributed by atoms with E-state index in [2.05, 4.69) is 14.9 Å². The van der Waals surface area contributed by atoms with Crippen molar-refractivity contribution in [2.75, 3.05) is 26.2 Å². The van der Waals surface area contributed by atoms with Crippen LogP contribution in [0.1, 0.15) is 25.1 Å². The van der Waals surface area contributed by atoms with E-state index in [1.165, 1.54) is 0 Å². The average Bonchev–Trinajstić information content (AvgIpc) is 2.93. The van der Waals surface area contributed by atoms with Crippen LogP contribution in [0, 0.1) is 12.3 Å². The summed E-state index contributed by atoms with van der Waals surface area (Å²) in [4.78, 5) is 18.4. The number of amides is 1. The molecular formula is C14H22N4O. The maximum atomic E-state index is 12.2. The number of nitrogens with one attached hydrogen (secondary N) is 1. The molecule has 0 aliphatic carbocycles. The van der Waals surface area contributed by atoms with E-state index in [-0.39, 0.29) is 5.41 Å². The van der Waals surface area contributed by atoms with Gasteiger partial charge in [-0.1, -0.05) is 0 Å². The van der Waals surface area contributed by atoms with E-state index in [0.29, 0.717) is 5.91 Å². The van der Waals surface area contributed by atoms with Crippen LogP contribution in [-0.2, 0) is 11.3 Å². The lowest BCUT2D eigenvalue weighted by atomic mass is 9.78. The molecule has 0 radical (unpaired) electrons.